The number of nitrogens with one attached hydrogen (secondary N) is 1. The summed E-state index contributed by atoms with van der Waals surface area (Å²) >= 11 is 1.40. The predicted octanol–water partition coefficient (Wildman–Crippen LogP) is 2.60. The van der Waals surface area contributed by atoms with Crippen LogP contribution in [0.1, 0.15) is 15.4 Å². The van der Waals surface area contributed by atoms with Gasteiger partial charge in [0.15, 0.2) is 0 Å². The molecule has 0 radical (unpaired) electrons. The second kappa shape index (κ2) is 7.75. The van der Waals surface area contributed by atoms with Gasteiger partial charge in [0.2, 0.25) is 0 Å². The summed E-state index contributed by atoms with van der Waals surface area (Å²) in [6.45, 7) is 6.66. The summed E-state index contributed by atoms with van der Waals surface area (Å²) in [7, 11) is 0. The third-order valence-corrected chi connectivity index (χ3v) is 5.77. The molecule has 0 atom stereocenters. The lowest BCUT2D eigenvalue weighted by atomic mass is 10.3. The Morgan fingerprint density at radius 3 is 2.78 bits per heavy atom. The monoisotopic (exact) mass is 388 g/mol. The van der Waals surface area contributed by atoms with Crippen molar-refractivity contribution in [2.24, 2.45) is 0 Å². The number of nitrogens with zero attached hydrogens (tertiary/aromatic N) is 3. The Balaban J connectivity index is 1.48. The Morgan fingerprint density at radius 1 is 1.30 bits per heavy atom. The molecule has 1 aromatic carbocycles. The van der Waals surface area contributed by atoms with Crippen molar-refractivity contribution in [1.29, 1.82) is 0 Å². The standard InChI is InChI=1S/C19H21FN4O2S/c1-13-16-12-17(18(25)21-6-7-23-8-10-26-11-9-23)27-19(16)24(22-13)15-4-2-14(20)3-5-15/h2-5,12H,6-11H2,1H3,(H,21,25). The SMILES string of the molecule is Cc1nn(-c2ccc(F)cc2)c2sc(C(=O)NCCN3CCOCC3)cc12. The topological polar surface area (TPSA) is 59.4 Å². The van der Waals surface area contributed by atoms with Crippen LogP contribution in [0.2, 0.25) is 0 Å². The van der Waals surface area contributed by atoms with Gasteiger partial charge in [0.1, 0.15) is 10.6 Å². The first kappa shape index (κ1) is 18.1. The lowest BCUT2D eigenvalue weighted by Crippen LogP contribution is -2.41. The number of rotatable bonds is 5. The van der Waals surface area contributed by atoms with Crippen molar-refractivity contribution < 1.29 is 13.9 Å². The number of thiophene rings is 1. The molecule has 0 spiro atoms. The highest BCUT2D eigenvalue weighted by atomic mass is 32.1. The van der Waals surface area contributed by atoms with Crippen LogP contribution < -0.4 is 5.32 Å². The van der Waals surface area contributed by atoms with Crippen LogP contribution in [-0.2, 0) is 4.74 Å². The zero-order chi connectivity index (χ0) is 18.8. The second-order valence-electron chi connectivity index (χ2n) is 6.51. The molecule has 142 valence electrons. The molecule has 0 aliphatic carbocycles. The normalized spacial score (nSPS) is 15.3. The van der Waals surface area contributed by atoms with Gasteiger partial charge in [-0.2, -0.15) is 5.10 Å². The van der Waals surface area contributed by atoms with Crippen molar-refractivity contribution in [1.82, 2.24) is 20.0 Å². The van der Waals surface area contributed by atoms with Gasteiger partial charge in [-0.25, -0.2) is 9.07 Å². The van der Waals surface area contributed by atoms with Crippen LogP contribution in [0.25, 0.3) is 15.9 Å². The molecule has 4 rings (SSSR count). The lowest BCUT2D eigenvalue weighted by molar-refractivity contribution is 0.0383. The van der Waals surface area contributed by atoms with Crippen LogP contribution in [0, 0.1) is 12.7 Å². The quantitative estimate of drug-likeness (QED) is 0.730. The summed E-state index contributed by atoms with van der Waals surface area (Å²) in [6, 6.07) is 8.06. The van der Waals surface area contributed by atoms with E-state index >= 15 is 0 Å². The van der Waals surface area contributed by atoms with E-state index in [1.54, 1.807) is 16.8 Å². The Labute approximate surface area is 160 Å². The molecule has 27 heavy (non-hydrogen) atoms. The highest BCUT2D eigenvalue weighted by Crippen LogP contribution is 2.30. The number of halogens is 1. The maximum absolute atomic E-state index is 13.2. The first-order valence-electron chi connectivity index (χ1n) is 8.95. The van der Waals surface area contributed by atoms with E-state index in [2.05, 4.69) is 15.3 Å². The molecule has 1 amide bonds. The second-order valence-corrected chi connectivity index (χ2v) is 7.54. The minimum Gasteiger partial charge on any atom is -0.379 e. The summed E-state index contributed by atoms with van der Waals surface area (Å²) < 4.78 is 20.3. The molecule has 0 bridgehead atoms. The zero-order valence-corrected chi connectivity index (χ0v) is 15.9. The van der Waals surface area contributed by atoms with E-state index in [1.807, 2.05) is 13.0 Å². The average Bonchev–Trinajstić information content (AvgIpc) is 3.24. The van der Waals surface area contributed by atoms with Crippen LogP contribution in [0.4, 0.5) is 4.39 Å². The number of benzene rings is 1. The molecular weight excluding hydrogens is 367 g/mol. The predicted molar refractivity (Wildman–Crippen MR) is 103 cm³/mol. The van der Waals surface area contributed by atoms with Gasteiger partial charge in [-0.05, 0) is 37.3 Å². The Hall–Kier alpha value is -2.29. The Morgan fingerprint density at radius 2 is 2.04 bits per heavy atom. The Bertz CT molecular complexity index is 945. The number of carbonyl (C=O) groups excluding carboxylic acids is 1. The van der Waals surface area contributed by atoms with Gasteiger partial charge in [-0.15, -0.1) is 11.3 Å². The van der Waals surface area contributed by atoms with Crippen LogP contribution in [0.3, 0.4) is 0 Å². The van der Waals surface area contributed by atoms with Gasteiger partial charge in [-0.3, -0.25) is 9.69 Å². The minimum atomic E-state index is -0.287. The van der Waals surface area contributed by atoms with Crippen molar-refractivity contribution in [2.45, 2.75) is 6.92 Å². The third kappa shape index (κ3) is 3.87. The van der Waals surface area contributed by atoms with Gasteiger partial charge < -0.3 is 10.1 Å². The molecule has 3 heterocycles. The first-order chi connectivity index (χ1) is 13.1. The molecule has 1 fully saturated rings. The van der Waals surface area contributed by atoms with Crippen molar-refractivity contribution >= 4 is 27.5 Å². The van der Waals surface area contributed by atoms with Gasteiger partial charge in [0, 0.05) is 31.6 Å². The van der Waals surface area contributed by atoms with Crippen molar-refractivity contribution in [2.75, 3.05) is 39.4 Å². The van der Waals surface area contributed by atoms with E-state index in [-0.39, 0.29) is 11.7 Å². The van der Waals surface area contributed by atoms with Crippen LogP contribution in [0.15, 0.2) is 30.3 Å². The van der Waals surface area contributed by atoms with Gasteiger partial charge >= 0.3 is 0 Å². The highest BCUT2D eigenvalue weighted by molar-refractivity contribution is 7.20. The summed E-state index contributed by atoms with van der Waals surface area (Å²) in [4.78, 5) is 16.4. The van der Waals surface area contributed by atoms with E-state index in [9.17, 15) is 9.18 Å². The number of aromatic nitrogens is 2. The summed E-state index contributed by atoms with van der Waals surface area (Å²) in [5, 5.41) is 8.47. The number of hydrogen-bond donors (Lipinski definition) is 1. The maximum atomic E-state index is 13.2. The van der Waals surface area contributed by atoms with E-state index in [0.29, 0.717) is 11.4 Å². The van der Waals surface area contributed by atoms with Crippen LogP contribution in [0.5, 0.6) is 0 Å². The minimum absolute atomic E-state index is 0.0745. The number of carbonyl (C=O) groups is 1. The molecule has 1 N–H and O–H groups in total. The van der Waals surface area contributed by atoms with Gasteiger partial charge in [0.05, 0.1) is 29.5 Å². The fraction of sp³-hybridized carbons (Fsp3) is 0.368. The zero-order valence-electron chi connectivity index (χ0n) is 15.1. The van der Waals surface area contributed by atoms with Crippen LogP contribution in [-0.4, -0.2) is 60.0 Å². The number of aryl methyl sites for hydroxylation is 1. The molecule has 0 saturated carbocycles. The number of morpholine rings is 1. The number of hydrogen-bond acceptors (Lipinski definition) is 5. The molecule has 1 saturated heterocycles. The molecule has 8 heteroatoms. The molecule has 2 aromatic heterocycles. The molecular formula is C19H21FN4O2S. The number of amides is 1. The molecule has 1 aliphatic heterocycles. The Kier molecular flexibility index (Phi) is 5.20. The number of ether oxygens (including phenoxy) is 1. The summed E-state index contributed by atoms with van der Waals surface area (Å²) in [5.41, 5.74) is 1.62. The average molecular weight is 388 g/mol. The van der Waals surface area contributed by atoms with E-state index in [4.69, 9.17) is 4.74 Å². The molecule has 3 aromatic rings. The van der Waals surface area contributed by atoms with Gasteiger partial charge in [-0.1, -0.05) is 0 Å². The fourth-order valence-electron chi connectivity index (χ4n) is 3.16. The third-order valence-electron chi connectivity index (χ3n) is 4.66. The summed E-state index contributed by atoms with van der Waals surface area (Å²) in [6.07, 6.45) is 0. The maximum Gasteiger partial charge on any atom is 0.261 e. The first-order valence-corrected chi connectivity index (χ1v) is 9.77. The van der Waals surface area contributed by atoms with Crippen molar-refractivity contribution in [3.63, 3.8) is 0 Å². The highest BCUT2D eigenvalue weighted by Gasteiger charge is 2.17. The smallest absolute Gasteiger partial charge is 0.261 e. The molecule has 0 unspecified atom stereocenters. The van der Waals surface area contributed by atoms with Crippen molar-refractivity contribution in [3.8, 4) is 5.69 Å². The molecule has 1 aliphatic rings. The van der Waals surface area contributed by atoms with E-state index in [1.165, 1.54) is 23.5 Å². The van der Waals surface area contributed by atoms with Crippen molar-refractivity contribution in [3.05, 3.63) is 46.7 Å². The fourth-order valence-corrected chi connectivity index (χ4v) is 4.26. The van der Waals surface area contributed by atoms with Gasteiger partial charge in [0.25, 0.3) is 5.91 Å². The summed E-state index contributed by atoms with van der Waals surface area (Å²) in [5.74, 6) is -0.361. The lowest BCUT2D eigenvalue weighted by Gasteiger charge is -2.26. The van der Waals surface area contributed by atoms with E-state index in [0.717, 1.165) is 54.4 Å². The van der Waals surface area contributed by atoms with Crippen LogP contribution >= 0.6 is 11.3 Å². The molecule has 6 nitrogen and oxygen atoms in total. The number of fused-ring (bicyclic) bond motifs is 1. The largest absolute Gasteiger partial charge is 0.379 e. The van der Waals surface area contributed by atoms with E-state index < -0.39 is 0 Å².